The lowest BCUT2D eigenvalue weighted by molar-refractivity contribution is -0.139. The topological polar surface area (TPSA) is 26.3 Å². The predicted octanol–water partition coefficient (Wildman–Crippen LogP) is 4.07. The number of carbonyl (C=O) groups excluding carboxylic acids is 1. The number of thioether (sulfide) groups is 1. The maximum absolute atomic E-state index is 11.3. The molecule has 100 valence electrons. The van der Waals surface area contributed by atoms with Gasteiger partial charge in [0.1, 0.15) is 0 Å². The average Bonchev–Trinajstić information content (AvgIpc) is 2.40. The van der Waals surface area contributed by atoms with Crippen molar-refractivity contribution in [2.75, 3.05) is 12.9 Å². The molecule has 0 atom stereocenters. The highest BCUT2D eigenvalue weighted by Crippen LogP contribution is 2.24. The van der Waals surface area contributed by atoms with Gasteiger partial charge in [0.2, 0.25) is 0 Å². The number of hydrogen-bond acceptors (Lipinski definition) is 3. The van der Waals surface area contributed by atoms with Gasteiger partial charge in [-0.2, -0.15) is 0 Å². The molecule has 0 aliphatic heterocycles. The third kappa shape index (κ3) is 5.58. The van der Waals surface area contributed by atoms with E-state index in [1.165, 1.54) is 37.7 Å². The summed E-state index contributed by atoms with van der Waals surface area (Å²) in [5.41, 5.74) is 1.07. The molecule has 0 aliphatic carbocycles. The Bertz CT molecular complexity index is 363. The molecule has 0 aromatic heterocycles. The van der Waals surface area contributed by atoms with E-state index >= 15 is 0 Å². The maximum Gasteiger partial charge on any atom is 0.310 e. The molecule has 0 saturated heterocycles. The molecule has 0 bridgehead atoms. The summed E-state index contributed by atoms with van der Waals surface area (Å²) in [5.74, 6) is 0.951. The average molecular weight is 266 g/mol. The lowest BCUT2D eigenvalue weighted by atomic mass is 10.1. The van der Waals surface area contributed by atoms with Crippen molar-refractivity contribution >= 4 is 17.7 Å². The van der Waals surface area contributed by atoms with Crippen molar-refractivity contribution in [3.63, 3.8) is 0 Å². The summed E-state index contributed by atoms with van der Waals surface area (Å²) in [7, 11) is 1.43. The van der Waals surface area contributed by atoms with Gasteiger partial charge in [-0.05, 0) is 23.8 Å². The summed E-state index contributed by atoms with van der Waals surface area (Å²) < 4.78 is 4.72. The van der Waals surface area contributed by atoms with E-state index in [1.54, 1.807) is 0 Å². The minimum absolute atomic E-state index is 0.172. The number of carbonyl (C=O) groups is 1. The summed E-state index contributed by atoms with van der Waals surface area (Å²) >= 11 is 1.84. The van der Waals surface area contributed by atoms with Gasteiger partial charge in [0.05, 0.1) is 13.5 Å². The lowest BCUT2D eigenvalue weighted by Gasteiger charge is -2.08. The third-order valence-corrected chi connectivity index (χ3v) is 3.99. The first-order valence-corrected chi connectivity index (χ1v) is 7.54. The number of esters is 1. The zero-order valence-corrected chi connectivity index (χ0v) is 12.1. The Morgan fingerprint density at radius 3 is 2.72 bits per heavy atom. The summed E-state index contributed by atoms with van der Waals surface area (Å²) in [4.78, 5) is 12.5. The lowest BCUT2D eigenvalue weighted by Crippen LogP contribution is -2.05. The van der Waals surface area contributed by atoms with Gasteiger partial charge in [0.15, 0.2) is 0 Å². The Labute approximate surface area is 114 Å². The Balaban J connectivity index is 2.46. The second-order valence-corrected chi connectivity index (χ2v) is 5.41. The van der Waals surface area contributed by atoms with Gasteiger partial charge >= 0.3 is 5.97 Å². The monoisotopic (exact) mass is 266 g/mol. The van der Waals surface area contributed by atoms with E-state index in [1.807, 2.05) is 30.0 Å². The fraction of sp³-hybridized carbons (Fsp3) is 0.533. The van der Waals surface area contributed by atoms with Gasteiger partial charge in [-0.25, -0.2) is 0 Å². The number of ether oxygens (including phenoxy) is 1. The van der Waals surface area contributed by atoms with Crippen LogP contribution in [0.1, 0.15) is 38.2 Å². The van der Waals surface area contributed by atoms with E-state index in [-0.39, 0.29) is 5.97 Å². The van der Waals surface area contributed by atoms with Crippen molar-refractivity contribution in [2.24, 2.45) is 0 Å². The molecule has 0 heterocycles. The van der Waals surface area contributed by atoms with Crippen LogP contribution in [0.3, 0.4) is 0 Å². The molecule has 0 N–H and O–H groups in total. The first kappa shape index (κ1) is 15.1. The first-order chi connectivity index (χ1) is 8.77. The van der Waals surface area contributed by atoms with Crippen molar-refractivity contribution in [1.82, 2.24) is 0 Å². The van der Waals surface area contributed by atoms with E-state index in [4.69, 9.17) is 4.74 Å². The second-order valence-electron chi connectivity index (χ2n) is 4.27. The van der Waals surface area contributed by atoms with Crippen molar-refractivity contribution < 1.29 is 9.53 Å². The molecule has 0 unspecified atom stereocenters. The quantitative estimate of drug-likeness (QED) is 0.403. The number of rotatable bonds is 8. The Hall–Kier alpha value is -0.960. The molecule has 0 radical (unpaired) electrons. The predicted molar refractivity (Wildman–Crippen MR) is 77.0 cm³/mol. The van der Waals surface area contributed by atoms with E-state index in [0.717, 1.165) is 11.3 Å². The Morgan fingerprint density at radius 1 is 1.22 bits per heavy atom. The van der Waals surface area contributed by atoms with Crippen LogP contribution in [0.4, 0.5) is 0 Å². The van der Waals surface area contributed by atoms with Crippen LogP contribution in [-0.4, -0.2) is 18.8 Å². The van der Waals surface area contributed by atoms with E-state index in [9.17, 15) is 4.79 Å². The van der Waals surface area contributed by atoms with Gasteiger partial charge in [-0.3, -0.25) is 4.79 Å². The van der Waals surface area contributed by atoms with E-state index in [0.29, 0.717) is 6.42 Å². The van der Waals surface area contributed by atoms with Crippen LogP contribution in [0, 0.1) is 0 Å². The van der Waals surface area contributed by atoms with Crippen molar-refractivity contribution in [1.29, 1.82) is 0 Å². The molecule has 18 heavy (non-hydrogen) atoms. The molecule has 0 fully saturated rings. The summed E-state index contributed by atoms with van der Waals surface area (Å²) in [5, 5.41) is 0. The molecule has 1 aromatic carbocycles. The second kappa shape index (κ2) is 9.03. The van der Waals surface area contributed by atoms with E-state index in [2.05, 4.69) is 13.0 Å². The minimum atomic E-state index is -0.172. The number of hydrogen-bond donors (Lipinski definition) is 0. The molecule has 0 spiro atoms. The van der Waals surface area contributed by atoms with Crippen LogP contribution in [0.2, 0.25) is 0 Å². The van der Waals surface area contributed by atoms with Crippen molar-refractivity contribution in [3.05, 3.63) is 29.8 Å². The first-order valence-electron chi connectivity index (χ1n) is 6.55. The third-order valence-electron chi connectivity index (χ3n) is 2.79. The molecule has 1 rings (SSSR count). The fourth-order valence-corrected chi connectivity index (χ4v) is 2.80. The summed E-state index contributed by atoms with van der Waals surface area (Å²) in [6.07, 6.45) is 5.48. The molecule has 1 aromatic rings. The molecule has 2 nitrogen and oxygen atoms in total. The molecular formula is C15H22O2S. The van der Waals surface area contributed by atoms with Gasteiger partial charge in [-0.15, -0.1) is 11.8 Å². The van der Waals surface area contributed by atoms with Gasteiger partial charge < -0.3 is 4.74 Å². The van der Waals surface area contributed by atoms with Crippen LogP contribution in [-0.2, 0) is 16.0 Å². The molecule has 0 amide bonds. The highest BCUT2D eigenvalue weighted by molar-refractivity contribution is 7.99. The zero-order chi connectivity index (χ0) is 13.2. The fourth-order valence-electron chi connectivity index (χ4n) is 1.73. The number of methoxy groups -OCH3 is 1. The van der Waals surface area contributed by atoms with Crippen molar-refractivity contribution in [2.45, 2.75) is 43.9 Å². The van der Waals surface area contributed by atoms with Crippen LogP contribution >= 0.6 is 11.8 Å². The van der Waals surface area contributed by atoms with Crippen LogP contribution in [0.25, 0.3) is 0 Å². The number of unbranched alkanes of at least 4 members (excludes halogenated alkanes) is 3. The smallest absolute Gasteiger partial charge is 0.310 e. The SMILES string of the molecule is CCCCCCSc1ccccc1CC(=O)OC. The van der Waals surface area contributed by atoms with Crippen molar-refractivity contribution in [3.8, 4) is 0 Å². The van der Waals surface area contributed by atoms with E-state index < -0.39 is 0 Å². The van der Waals surface area contributed by atoms with Crippen LogP contribution in [0.15, 0.2) is 29.2 Å². The van der Waals surface area contributed by atoms with Crippen LogP contribution < -0.4 is 0 Å². The van der Waals surface area contributed by atoms with Crippen LogP contribution in [0.5, 0.6) is 0 Å². The number of benzene rings is 1. The minimum Gasteiger partial charge on any atom is -0.469 e. The normalized spacial score (nSPS) is 10.3. The molecule has 0 saturated carbocycles. The molecule has 3 heteroatoms. The largest absolute Gasteiger partial charge is 0.469 e. The standard InChI is InChI=1S/C15H22O2S/c1-3-4-5-8-11-18-14-10-7-6-9-13(14)12-15(16)17-2/h6-7,9-10H,3-5,8,11-12H2,1-2H3. The maximum atomic E-state index is 11.3. The molecule has 0 aliphatic rings. The molecular weight excluding hydrogens is 244 g/mol. The zero-order valence-electron chi connectivity index (χ0n) is 11.3. The summed E-state index contributed by atoms with van der Waals surface area (Å²) in [6.45, 7) is 2.22. The van der Waals surface area contributed by atoms with Gasteiger partial charge in [0.25, 0.3) is 0 Å². The van der Waals surface area contributed by atoms with Gasteiger partial charge in [-0.1, -0.05) is 44.4 Å². The highest BCUT2D eigenvalue weighted by Gasteiger charge is 2.07. The summed E-state index contributed by atoms with van der Waals surface area (Å²) in [6, 6.07) is 8.09. The Morgan fingerprint density at radius 2 is 2.00 bits per heavy atom. The highest BCUT2D eigenvalue weighted by atomic mass is 32.2. The van der Waals surface area contributed by atoms with Gasteiger partial charge in [0, 0.05) is 4.90 Å². The Kier molecular flexibility index (Phi) is 7.58.